The summed E-state index contributed by atoms with van der Waals surface area (Å²) in [7, 11) is 0. The van der Waals surface area contributed by atoms with Crippen molar-refractivity contribution in [3.63, 3.8) is 0 Å². The minimum absolute atomic E-state index is 0.994. The third kappa shape index (κ3) is 1.34. The molecule has 0 saturated carbocycles. The quantitative estimate of drug-likeness (QED) is 0.459. The number of likely N-dealkylation sites (N-methyl/N-ethyl adjacent to an activating group) is 1. The van der Waals surface area contributed by atoms with Crippen LogP contribution in [0.25, 0.3) is 0 Å². The second kappa shape index (κ2) is 2.88. The van der Waals surface area contributed by atoms with E-state index in [0.717, 1.165) is 19.5 Å². The van der Waals surface area contributed by atoms with Crippen LogP contribution in [-0.4, -0.2) is 18.0 Å². The van der Waals surface area contributed by atoms with Crippen molar-refractivity contribution in [3.05, 3.63) is 18.7 Å². The zero-order chi connectivity index (χ0) is 5.82. The van der Waals surface area contributed by atoms with Crippen LogP contribution < -0.4 is 0 Å². The first-order valence-electron chi connectivity index (χ1n) is 3.07. The van der Waals surface area contributed by atoms with Gasteiger partial charge in [-0.05, 0) is 13.0 Å². The molecule has 1 aliphatic rings. The molecule has 0 spiro atoms. The van der Waals surface area contributed by atoms with Crippen LogP contribution >= 0.6 is 0 Å². The molecule has 1 aliphatic heterocycles. The van der Waals surface area contributed by atoms with Crippen molar-refractivity contribution >= 4 is 0 Å². The Balaban J connectivity index is 2.27. The largest absolute Gasteiger partial charge is 0.290 e. The fourth-order valence-corrected chi connectivity index (χ4v) is 0.772. The summed E-state index contributed by atoms with van der Waals surface area (Å²) < 4.78 is 0. The second-order valence-electron chi connectivity index (χ2n) is 1.87. The van der Waals surface area contributed by atoms with Crippen LogP contribution in [0.4, 0.5) is 0 Å². The average molecular weight is 109 g/mol. The van der Waals surface area contributed by atoms with Crippen molar-refractivity contribution in [3.8, 4) is 0 Å². The van der Waals surface area contributed by atoms with Crippen LogP contribution in [0.2, 0.25) is 0 Å². The molecule has 0 unspecified atom stereocenters. The summed E-state index contributed by atoms with van der Waals surface area (Å²) >= 11 is 0. The molecule has 0 fully saturated rings. The minimum Gasteiger partial charge on any atom is -0.290 e. The fourth-order valence-electron chi connectivity index (χ4n) is 0.772. The maximum absolute atomic E-state index is 3.22. The van der Waals surface area contributed by atoms with Crippen molar-refractivity contribution in [2.45, 2.75) is 13.3 Å². The molecule has 1 heterocycles. The zero-order valence-electron chi connectivity index (χ0n) is 5.22. The maximum Gasteiger partial charge on any atom is 0.0659 e. The summed E-state index contributed by atoms with van der Waals surface area (Å²) in [5.74, 6) is 0. The Hall–Kier alpha value is -0.300. The minimum atomic E-state index is 0.994. The summed E-state index contributed by atoms with van der Waals surface area (Å²) in [6.45, 7) is 7.50. The molecule has 0 atom stereocenters. The van der Waals surface area contributed by atoms with Crippen molar-refractivity contribution in [1.29, 1.82) is 0 Å². The zero-order valence-corrected chi connectivity index (χ0v) is 5.22. The van der Waals surface area contributed by atoms with E-state index in [1.807, 2.05) is 0 Å². The first-order chi connectivity index (χ1) is 3.93. The first kappa shape index (κ1) is 5.83. The smallest absolute Gasteiger partial charge is 0.0659 e. The Morgan fingerprint density at radius 3 is 2.88 bits per heavy atom. The predicted octanol–water partition coefficient (Wildman–Crippen LogP) is 1.31. The normalized spacial score (nSPS) is 21.6. The van der Waals surface area contributed by atoms with E-state index in [9.17, 15) is 0 Å². The van der Waals surface area contributed by atoms with Crippen molar-refractivity contribution < 1.29 is 0 Å². The van der Waals surface area contributed by atoms with Gasteiger partial charge in [-0.15, -0.1) is 0 Å². The first-order valence-corrected chi connectivity index (χ1v) is 3.07. The standard InChI is InChI=1S/C7H11N/c1-2-8-6-4-3-5-7-8/h3-4H,2,5-6H2,1H3. The van der Waals surface area contributed by atoms with Crippen LogP contribution in [0, 0.1) is 6.54 Å². The molecule has 44 valence electrons. The Labute approximate surface area is 51.0 Å². The van der Waals surface area contributed by atoms with Gasteiger partial charge in [0.25, 0.3) is 0 Å². The van der Waals surface area contributed by atoms with E-state index in [0.29, 0.717) is 0 Å². The van der Waals surface area contributed by atoms with Gasteiger partial charge in [0.2, 0.25) is 0 Å². The van der Waals surface area contributed by atoms with E-state index >= 15 is 0 Å². The van der Waals surface area contributed by atoms with E-state index < -0.39 is 0 Å². The SMILES string of the molecule is CCN1[C]CC=CC1. The van der Waals surface area contributed by atoms with E-state index in [-0.39, 0.29) is 0 Å². The molecule has 0 aromatic heterocycles. The molecule has 1 nitrogen and oxygen atoms in total. The molecule has 0 saturated heterocycles. The topological polar surface area (TPSA) is 3.24 Å². The molecule has 0 N–H and O–H groups in total. The van der Waals surface area contributed by atoms with Gasteiger partial charge in [-0.1, -0.05) is 19.1 Å². The van der Waals surface area contributed by atoms with Crippen molar-refractivity contribution in [1.82, 2.24) is 4.90 Å². The molecular weight excluding hydrogens is 98.1 g/mol. The van der Waals surface area contributed by atoms with Crippen LogP contribution in [0.1, 0.15) is 13.3 Å². The van der Waals surface area contributed by atoms with Gasteiger partial charge in [0.15, 0.2) is 0 Å². The average Bonchev–Trinajstić information content (AvgIpc) is 1.90. The molecule has 2 radical (unpaired) electrons. The van der Waals surface area contributed by atoms with Gasteiger partial charge in [0.05, 0.1) is 6.54 Å². The lowest BCUT2D eigenvalue weighted by atomic mass is 10.2. The van der Waals surface area contributed by atoms with Crippen molar-refractivity contribution in [2.24, 2.45) is 0 Å². The number of hydrogen-bond donors (Lipinski definition) is 0. The highest BCUT2D eigenvalue weighted by Crippen LogP contribution is 2.03. The van der Waals surface area contributed by atoms with Crippen molar-refractivity contribution in [2.75, 3.05) is 13.1 Å². The monoisotopic (exact) mass is 109 g/mol. The van der Waals surface area contributed by atoms with E-state index in [1.165, 1.54) is 0 Å². The molecule has 1 rings (SSSR count). The molecular formula is C7H11N. The van der Waals surface area contributed by atoms with E-state index in [1.54, 1.807) is 0 Å². The molecule has 0 bridgehead atoms. The van der Waals surface area contributed by atoms with Crippen LogP contribution in [0.5, 0.6) is 0 Å². The summed E-state index contributed by atoms with van der Waals surface area (Å²) in [6.07, 6.45) is 5.32. The highest BCUT2D eigenvalue weighted by molar-refractivity contribution is 4.95. The Kier molecular flexibility index (Phi) is 2.10. The van der Waals surface area contributed by atoms with Gasteiger partial charge in [-0.3, -0.25) is 4.90 Å². The van der Waals surface area contributed by atoms with Crippen LogP contribution in [-0.2, 0) is 0 Å². The third-order valence-corrected chi connectivity index (χ3v) is 1.31. The fraction of sp³-hybridized carbons (Fsp3) is 0.571. The summed E-state index contributed by atoms with van der Waals surface area (Å²) in [5, 5.41) is 0. The molecule has 1 heteroatoms. The number of hydrogen-bond acceptors (Lipinski definition) is 1. The Morgan fingerprint density at radius 1 is 1.62 bits per heavy atom. The molecule has 0 aromatic rings. The summed E-state index contributed by atoms with van der Waals surface area (Å²) in [4.78, 5) is 2.18. The van der Waals surface area contributed by atoms with Crippen LogP contribution in [0.3, 0.4) is 0 Å². The van der Waals surface area contributed by atoms with Gasteiger partial charge in [-0.25, -0.2) is 0 Å². The Morgan fingerprint density at radius 2 is 2.50 bits per heavy atom. The van der Waals surface area contributed by atoms with Gasteiger partial charge in [0, 0.05) is 6.54 Å². The lowest BCUT2D eigenvalue weighted by Crippen LogP contribution is -2.22. The lowest BCUT2D eigenvalue weighted by molar-refractivity contribution is 0.375. The van der Waals surface area contributed by atoms with Gasteiger partial charge in [-0.2, -0.15) is 0 Å². The summed E-state index contributed by atoms with van der Waals surface area (Å²) in [6, 6.07) is 0. The maximum atomic E-state index is 3.22. The van der Waals surface area contributed by atoms with Crippen LogP contribution in [0.15, 0.2) is 12.2 Å². The Bertz CT molecular complexity index is 86.4. The highest BCUT2D eigenvalue weighted by Gasteiger charge is 2.01. The van der Waals surface area contributed by atoms with E-state index in [4.69, 9.17) is 0 Å². The molecule has 8 heavy (non-hydrogen) atoms. The molecule has 0 aromatic carbocycles. The van der Waals surface area contributed by atoms with E-state index in [2.05, 4.69) is 30.5 Å². The third-order valence-electron chi connectivity index (χ3n) is 1.31. The molecule has 0 amide bonds. The highest BCUT2D eigenvalue weighted by atomic mass is 15.1. The summed E-state index contributed by atoms with van der Waals surface area (Å²) in [5.41, 5.74) is 0. The van der Waals surface area contributed by atoms with Gasteiger partial charge >= 0.3 is 0 Å². The second-order valence-corrected chi connectivity index (χ2v) is 1.87. The van der Waals surface area contributed by atoms with Gasteiger partial charge in [0.1, 0.15) is 0 Å². The number of rotatable bonds is 1. The number of nitrogens with zero attached hydrogens (tertiary/aromatic N) is 1. The predicted molar refractivity (Wildman–Crippen MR) is 34.2 cm³/mol. The molecule has 0 aliphatic carbocycles. The van der Waals surface area contributed by atoms with Gasteiger partial charge < -0.3 is 0 Å². The lowest BCUT2D eigenvalue weighted by Gasteiger charge is -2.18.